The molecule has 96 valence electrons. The number of rotatable bonds is 1. The van der Waals surface area contributed by atoms with E-state index in [0.717, 1.165) is 5.69 Å². The van der Waals surface area contributed by atoms with Gasteiger partial charge in [-0.15, -0.1) is 0 Å². The van der Waals surface area contributed by atoms with Crippen molar-refractivity contribution in [2.75, 3.05) is 5.32 Å². The summed E-state index contributed by atoms with van der Waals surface area (Å²) in [7, 11) is 0. The SMILES string of the molecule is CC.Cc1cccc(NC(=O)OC(C)(C)C)n1. The zero-order valence-electron chi connectivity index (χ0n) is 11.5. The fourth-order valence-electron chi connectivity index (χ4n) is 1.02. The summed E-state index contributed by atoms with van der Waals surface area (Å²) in [6.45, 7) is 11.3. The summed E-state index contributed by atoms with van der Waals surface area (Å²) in [6.07, 6.45) is -0.486. The van der Waals surface area contributed by atoms with Crippen molar-refractivity contribution in [2.24, 2.45) is 0 Å². The molecule has 0 aliphatic heterocycles. The Bertz CT molecular complexity index is 357. The van der Waals surface area contributed by atoms with Gasteiger partial charge in [-0.05, 0) is 39.8 Å². The van der Waals surface area contributed by atoms with Crippen LogP contribution in [0, 0.1) is 6.92 Å². The molecule has 17 heavy (non-hydrogen) atoms. The van der Waals surface area contributed by atoms with Crippen LogP contribution >= 0.6 is 0 Å². The number of anilines is 1. The third kappa shape index (κ3) is 7.33. The molecule has 0 bridgehead atoms. The number of nitrogens with zero attached hydrogens (tertiary/aromatic N) is 1. The zero-order valence-corrected chi connectivity index (χ0v) is 11.5. The average Bonchev–Trinajstić information content (AvgIpc) is 2.17. The Hall–Kier alpha value is -1.58. The van der Waals surface area contributed by atoms with Crippen LogP contribution in [-0.2, 0) is 4.74 Å². The van der Waals surface area contributed by atoms with Gasteiger partial charge in [0.25, 0.3) is 0 Å². The van der Waals surface area contributed by atoms with E-state index < -0.39 is 11.7 Å². The smallest absolute Gasteiger partial charge is 0.413 e. The highest BCUT2D eigenvalue weighted by Gasteiger charge is 2.16. The van der Waals surface area contributed by atoms with Gasteiger partial charge in [-0.1, -0.05) is 19.9 Å². The predicted molar refractivity (Wildman–Crippen MR) is 70.2 cm³/mol. The molecule has 0 fully saturated rings. The van der Waals surface area contributed by atoms with Crippen molar-refractivity contribution in [3.8, 4) is 0 Å². The molecular formula is C13H22N2O2. The van der Waals surface area contributed by atoms with Gasteiger partial charge in [-0.25, -0.2) is 9.78 Å². The van der Waals surface area contributed by atoms with Crippen LogP contribution in [0.25, 0.3) is 0 Å². The quantitative estimate of drug-likeness (QED) is 0.810. The molecule has 0 aliphatic carbocycles. The molecule has 0 unspecified atom stereocenters. The number of aromatic nitrogens is 1. The summed E-state index contributed by atoms with van der Waals surface area (Å²) in [5.74, 6) is 0.504. The minimum absolute atomic E-state index is 0.486. The third-order valence-electron chi connectivity index (χ3n) is 1.52. The second kappa shape index (κ2) is 6.89. The van der Waals surface area contributed by atoms with Gasteiger partial charge in [0.05, 0.1) is 0 Å². The van der Waals surface area contributed by atoms with Crippen LogP contribution in [0.3, 0.4) is 0 Å². The molecule has 0 aromatic carbocycles. The first kappa shape index (κ1) is 15.4. The first-order valence-electron chi connectivity index (χ1n) is 5.80. The first-order chi connectivity index (χ1) is 7.87. The highest BCUT2D eigenvalue weighted by atomic mass is 16.6. The van der Waals surface area contributed by atoms with Crippen molar-refractivity contribution >= 4 is 11.9 Å². The van der Waals surface area contributed by atoms with Crippen molar-refractivity contribution in [1.29, 1.82) is 0 Å². The lowest BCUT2D eigenvalue weighted by atomic mass is 10.2. The van der Waals surface area contributed by atoms with E-state index >= 15 is 0 Å². The summed E-state index contributed by atoms with van der Waals surface area (Å²) in [5, 5.41) is 2.57. The van der Waals surface area contributed by atoms with E-state index in [0.29, 0.717) is 5.82 Å². The molecule has 1 N–H and O–H groups in total. The number of hydrogen-bond donors (Lipinski definition) is 1. The molecule has 0 radical (unpaired) electrons. The topological polar surface area (TPSA) is 51.2 Å². The van der Waals surface area contributed by atoms with Gasteiger partial charge in [0.2, 0.25) is 0 Å². The fraction of sp³-hybridized carbons (Fsp3) is 0.538. The Morgan fingerprint density at radius 3 is 2.35 bits per heavy atom. The van der Waals surface area contributed by atoms with Crippen LogP contribution in [0.15, 0.2) is 18.2 Å². The predicted octanol–water partition coefficient (Wildman–Crippen LogP) is 3.76. The number of nitrogens with one attached hydrogen (secondary N) is 1. The van der Waals surface area contributed by atoms with E-state index in [4.69, 9.17) is 4.74 Å². The first-order valence-corrected chi connectivity index (χ1v) is 5.80. The molecule has 0 saturated heterocycles. The van der Waals surface area contributed by atoms with Crippen LogP contribution in [0.4, 0.5) is 10.6 Å². The summed E-state index contributed by atoms with van der Waals surface area (Å²) < 4.78 is 5.09. The normalized spacial score (nSPS) is 10.0. The van der Waals surface area contributed by atoms with Gasteiger partial charge in [0.15, 0.2) is 0 Å². The zero-order chi connectivity index (χ0) is 13.5. The van der Waals surface area contributed by atoms with Crippen LogP contribution in [0.2, 0.25) is 0 Å². The number of carbonyl (C=O) groups excluding carboxylic acids is 1. The van der Waals surface area contributed by atoms with Crippen molar-refractivity contribution in [2.45, 2.75) is 47.1 Å². The Balaban J connectivity index is 0.00000121. The van der Waals surface area contributed by atoms with Crippen molar-refractivity contribution < 1.29 is 9.53 Å². The monoisotopic (exact) mass is 238 g/mol. The van der Waals surface area contributed by atoms with Crippen LogP contribution in [0.5, 0.6) is 0 Å². The Morgan fingerprint density at radius 2 is 1.88 bits per heavy atom. The van der Waals surface area contributed by atoms with Gasteiger partial charge in [-0.3, -0.25) is 5.32 Å². The lowest BCUT2D eigenvalue weighted by Crippen LogP contribution is -2.27. The molecule has 1 rings (SSSR count). The molecule has 0 aliphatic rings. The van der Waals surface area contributed by atoms with E-state index in [1.165, 1.54) is 0 Å². The van der Waals surface area contributed by atoms with Crippen LogP contribution in [-0.4, -0.2) is 16.7 Å². The molecule has 0 spiro atoms. The van der Waals surface area contributed by atoms with Crippen molar-refractivity contribution in [3.63, 3.8) is 0 Å². The van der Waals surface area contributed by atoms with E-state index in [-0.39, 0.29) is 0 Å². The van der Waals surface area contributed by atoms with Gasteiger partial charge in [0, 0.05) is 5.69 Å². The molecule has 4 heteroatoms. The average molecular weight is 238 g/mol. The van der Waals surface area contributed by atoms with E-state index in [2.05, 4.69) is 10.3 Å². The Labute approximate surface area is 103 Å². The van der Waals surface area contributed by atoms with Crippen molar-refractivity contribution in [1.82, 2.24) is 4.98 Å². The summed E-state index contributed by atoms with van der Waals surface area (Å²) >= 11 is 0. The second-order valence-electron chi connectivity index (χ2n) is 4.29. The van der Waals surface area contributed by atoms with Gasteiger partial charge in [0.1, 0.15) is 11.4 Å². The molecule has 0 saturated carbocycles. The van der Waals surface area contributed by atoms with E-state index in [1.54, 1.807) is 6.07 Å². The lowest BCUT2D eigenvalue weighted by Gasteiger charge is -2.19. The lowest BCUT2D eigenvalue weighted by molar-refractivity contribution is 0.0635. The highest BCUT2D eigenvalue weighted by Crippen LogP contribution is 2.10. The molecule has 1 aromatic heterocycles. The molecule has 1 aromatic rings. The number of carbonyl (C=O) groups is 1. The molecule has 1 heterocycles. The Morgan fingerprint density at radius 1 is 1.29 bits per heavy atom. The van der Waals surface area contributed by atoms with Crippen molar-refractivity contribution in [3.05, 3.63) is 23.9 Å². The van der Waals surface area contributed by atoms with Gasteiger partial charge in [-0.2, -0.15) is 0 Å². The van der Waals surface area contributed by atoms with Crippen LogP contribution < -0.4 is 5.32 Å². The highest BCUT2D eigenvalue weighted by molar-refractivity contribution is 5.83. The van der Waals surface area contributed by atoms with E-state index in [9.17, 15) is 4.79 Å². The summed E-state index contributed by atoms with van der Waals surface area (Å²) in [5.41, 5.74) is 0.358. The standard InChI is InChI=1S/C11H16N2O2.C2H6/c1-8-6-5-7-9(12-8)13-10(14)15-11(2,3)4;1-2/h5-7H,1-4H3,(H,12,13,14);1-2H3. The number of ether oxygens (including phenoxy) is 1. The maximum absolute atomic E-state index is 11.4. The molecule has 1 amide bonds. The van der Waals surface area contributed by atoms with E-state index in [1.807, 2.05) is 53.7 Å². The molecule has 0 atom stereocenters. The maximum Gasteiger partial charge on any atom is 0.413 e. The number of hydrogen-bond acceptors (Lipinski definition) is 3. The number of amides is 1. The minimum Gasteiger partial charge on any atom is -0.444 e. The largest absolute Gasteiger partial charge is 0.444 e. The van der Waals surface area contributed by atoms with Gasteiger partial charge < -0.3 is 4.74 Å². The Kier molecular flexibility index (Phi) is 6.25. The fourth-order valence-corrected chi connectivity index (χ4v) is 1.02. The number of pyridine rings is 1. The minimum atomic E-state index is -0.492. The molecular weight excluding hydrogens is 216 g/mol. The number of aryl methyl sites for hydroxylation is 1. The summed E-state index contributed by atoms with van der Waals surface area (Å²) in [6, 6.07) is 5.41. The molecule has 4 nitrogen and oxygen atoms in total. The summed E-state index contributed by atoms with van der Waals surface area (Å²) in [4.78, 5) is 15.5. The van der Waals surface area contributed by atoms with Crippen LogP contribution in [0.1, 0.15) is 40.3 Å². The van der Waals surface area contributed by atoms with Gasteiger partial charge >= 0.3 is 6.09 Å². The second-order valence-corrected chi connectivity index (χ2v) is 4.29. The third-order valence-corrected chi connectivity index (χ3v) is 1.52. The maximum atomic E-state index is 11.4.